The van der Waals surface area contributed by atoms with Crippen LogP contribution in [-0.4, -0.2) is 43.9 Å². The predicted molar refractivity (Wildman–Crippen MR) is 97.5 cm³/mol. The van der Waals surface area contributed by atoms with Crippen molar-refractivity contribution in [1.82, 2.24) is 4.90 Å². The summed E-state index contributed by atoms with van der Waals surface area (Å²) in [6, 6.07) is 6.57. The third kappa shape index (κ3) is 5.31. The number of nitrogens with zero attached hydrogens (tertiary/aromatic N) is 2. The van der Waals surface area contributed by atoms with E-state index in [9.17, 15) is 8.42 Å². The van der Waals surface area contributed by atoms with Gasteiger partial charge < -0.3 is 10.6 Å². The summed E-state index contributed by atoms with van der Waals surface area (Å²) < 4.78 is 23.0. The van der Waals surface area contributed by atoms with E-state index in [4.69, 9.17) is 10.9 Å². The second kappa shape index (κ2) is 8.20. The van der Waals surface area contributed by atoms with Gasteiger partial charge in [0.2, 0.25) is 10.0 Å². The minimum Gasteiger partial charge on any atom is -0.370 e. The number of benzene rings is 1. The van der Waals surface area contributed by atoms with Gasteiger partial charge in [-0.05, 0) is 11.6 Å². The Morgan fingerprint density at radius 1 is 1.29 bits per heavy atom. The van der Waals surface area contributed by atoms with Crippen LogP contribution in [0.3, 0.4) is 0 Å². The number of primary sulfonamides is 1. The first-order valence-electron chi connectivity index (χ1n) is 6.22. The molecule has 2 rings (SSSR count). The van der Waals surface area contributed by atoms with Gasteiger partial charge in [-0.2, -0.15) is 11.8 Å². The molecule has 1 aliphatic rings. The van der Waals surface area contributed by atoms with E-state index in [2.05, 4.69) is 4.99 Å². The first kappa shape index (κ1) is 18.5. The van der Waals surface area contributed by atoms with E-state index >= 15 is 0 Å². The van der Waals surface area contributed by atoms with Gasteiger partial charge in [0.15, 0.2) is 5.96 Å². The maximum atomic E-state index is 11.5. The molecule has 0 spiro atoms. The fourth-order valence-corrected chi connectivity index (χ4v) is 3.64. The van der Waals surface area contributed by atoms with Crippen LogP contribution in [0.15, 0.2) is 34.2 Å². The highest BCUT2D eigenvalue weighted by molar-refractivity contribution is 14.0. The average Bonchev–Trinajstić information content (AvgIpc) is 2.45. The summed E-state index contributed by atoms with van der Waals surface area (Å²) in [5.41, 5.74) is 6.50. The molecule has 0 unspecified atom stereocenters. The van der Waals surface area contributed by atoms with Gasteiger partial charge in [-0.1, -0.05) is 18.2 Å². The van der Waals surface area contributed by atoms with Gasteiger partial charge in [-0.25, -0.2) is 18.5 Å². The molecule has 118 valence electrons. The molecule has 1 aliphatic heterocycles. The second-order valence-corrected chi connectivity index (χ2v) is 7.18. The number of hydrogen-bond acceptors (Lipinski definition) is 4. The van der Waals surface area contributed by atoms with Crippen LogP contribution in [0.2, 0.25) is 0 Å². The van der Waals surface area contributed by atoms with Crippen LogP contribution in [0, 0.1) is 0 Å². The molecule has 0 atom stereocenters. The SMILES string of the molecule is I.NC(=NCc1ccccc1S(N)(=O)=O)N1CCSCC1. The number of thioether (sulfide) groups is 1. The Morgan fingerprint density at radius 3 is 2.52 bits per heavy atom. The second-order valence-electron chi connectivity index (χ2n) is 4.43. The topological polar surface area (TPSA) is 102 Å². The number of nitrogens with two attached hydrogens (primary N) is 2. The van der Waals surface area contributed by atoms with Crippen LogP contribution in [-0.2, 0) is 16.6 Å². The van der Waals surface area contributed by atoms with Crippen molar-refractivity contribution < 1.29 is 8.42 Å². The Kier molecular flexibility index (Phi) is 7.24. The molecule has 4 N–H and O–H groups in total. The van der Waals surface area contributed by atoms with Crippen LogP contribution in [0.1, 0.15) is 5.56 Å². The van der Waals surface area contributed by atoms with Crippen LogP contribution in [0.4, 0.5) is 0 Å². The maximum Gasteiger partial charge on any atom is 0.238 e. The zero-order valence-corrected chi connectivity index (χ0v) is 15.4. The van der Waals surface area contributed by atoms with Gasteiger partial charge in [0, 0.05) is 24.6 Å². The number of aliphatic imine (C=N–C) groups is 1. The fourth-order valence-electron chi connectivity index (χ4n) is 1.97. The van der Waals surface area contributed by atoms with Crippen LogP contribution in [0.5, 0.6) is 0 Å². The number of sulfonamides is 1. The van der Waals surface area contributed by atoms with Gasteiger partial charge in [0.25, 0.3) is 0 Å². The smallest absolute Gasteiger partial charge is 0.238 e. The highest BCUT2D eigenvalue weighted by Gasteiger charge is 2.14. The molecule has 0 aliphatic carbocycles. The fraction of sp³-hybridized carbons (Fsp3) is 0.417. The molecular formula is C12H19IN4O2S2. The molecule has 0 aromatic heterocycles. The van der Waals surface area contributed by atoms with Crippen molar-refractivity contribution in [2.45, 2.75) is 11.4 Å². The molecule has 0 radical (unpaired) electrons. The predicted octanol–water partition coefficient (Wildman–Crippen LogP) is 0.816. The first-order valence-corrected chi connectivity index (χ1v) is 8.92. The molecule has 0 saturated carbocycles. The summed E-state index contributed by atoms with van der Waals surface area (Å²) in [4.78, 5) is 6.40. The summed E-state index contributed by atoms with van der Waals surface area (Å²) in [6.45, 7) is 1.95. The van der Waals surface area contributed by atoms with Crippen molar-refractivity contribution >= 4 is 51.7 Å². The highest BCUT2D eigenvalue weighted by Crippen LogP contribution is 2.15. The van der Waals surface area contributed by atoms with Crippen molar-refractivity contribution in [1.29, 1.82) is 0 Å². The molecule has 1 aromatic carbocycles. The maximum absolute atomic E-state index is 11.5. The van der Waals surface area contributed by atoms with Crippen molar-refractivity contribution in [2.75, 3.05) is 24.6 Å². The van der Waals surface area contributed by atoms with E-state index in [0.29, 0.717) is 11.5 Å². The molecule has 0 bridgehead atoms. The van der Waals surface area contributed by atoms with Gasteiger partial charge in [0.05, 0.1) is 11.4 Å². The van der Waals surface area contributed by atoms with E-state index in [0.717, 1.165) is 24.6 Å². The summed E-state index contributed by atoms with van der Waals surface area (Å²) >= 11 is 1.89. The summed E-state index contributed by atoms with van der Waals surface area (Å²) in [5.74, 6) is 2.52. The van der Waals surface area contributed by atoms with Crippen LogP contribution < -0.4 is 10.9 Å². The Hall–Kier alpha value is -0.520. The lowest BCUT2D eigenvalue weighted by Gasteiger charge is -2.27. The molecule has 1 saturated heterocycles. The monoisotopic (exact) mass is 442 g/mol. The van der Waals surface area contributed by atoms with Gasteiger partial charge in [0.1, 0.15) is 0 Å². The summed E-state index contributed by atoms with van der Waals surface area (Å²) in [6.07, 6.45) is 0. The van der Waals surface area contributed by atoms with E-state index in [1.807, 2.05) is 16.7 Å². The zero-order valence-electron chi connectivity index (χ0n) is 11.4. The van der Waals surface area contributed by atoms with Crippen molar-refractivity contribution in [3.63, 3.8) is 0 Å². The van der Waals surface area contributed by atoms with Crippen molar-refractivity contribution in [3.8, 4) is 0 Å². The van der Waals surface area contributed by atoms with Crippen LogP contribution >= 0.6 is 35.7 Å². The van der Waals surface area contributed by atoms with Gasteiger partial charge in [-0.3, -0.25) is 0 Å². The lowest BCUT2D eigenvalue weighted by Crippen LogP contribution is -2.42. The number of guanidine groups is 1. The quantitative estimate of drug-likeness (QED) is 0.410. The van der Waals surface area contributed by atoms with Gasteiger partial charge in [-0.15, -0.1) is 24.0 Å². The normalized spacial score (nSPS) is 16.4. The standard InChI is InChI=1S/C12H18N4O2S2.HI/c13-12(16-5-7-19-8-6-16)15-9-10-3-1-2-4-11(10)20(14,17)18;/h1-4H,5-9H2,(H2,13,15)(H2,14,17,18);1H. The molecule has 21 heavy (non-hydrogen) atoms. The lowest BCUT2D eigenvalue weighted by atomic mass is 10.2. The van der Waals surface area contributed by atoms with E-state index < -0.39 is 10.0 Å². The first-order chi connectivity index (χ1) is 9.48. The summed E-state index contributed by atoms with van der Waals surface area (Å²) in [7, 11) is -3.73. The molecule has 1 aromatic rings. The number of rotatable bonds is 3. The van der Waals surface area contributed by atoms with Gasteiger partial charge >= 0.3 is 0 Å². The minimum atomic E-state index is -3.73. The minimum absolute atomic E-state index is 0. The molecule has 9 heteroatoms. The van der Waals surface area contributed by atoms with E-state index in [1.165, 1.54) is 6.07 Å². The third-order valence-electron chi connectivity index (χ3n) is 3.03. The molecule has 1 heterocycles. The average molecular weight is 442 g/mol. The Morgan fingerprint density at radius 2 is 1.90 bits per heavy atom. The molecular weight excluding hydrogens is 423 g/mol. The van der Waals surface area contributed by atoms with Crippen molar-refractivity contribution in [3.05, 3.63) is 29.8 Å². The zero-order chi connectivity index (χ0) is 14.6. The number of halogens is 1. The Labute approximate surface area is 146 Å². The highest BCUT2D eigenvalue weighted by atomic mass is 127. The summed E-state index contributed by atoms with van der Waals surface area (Å²) in [5, 5.41) is 5.19. The molecule has 6 nitrogen and oxygen atoms in total. The van der Waals surface area contributed by atoms with Crippen molar-refractivity contribution in [2.24, 2.45) is 15.9 Å². The molecule has 1 fully saturated rings. The Bertz CT molecular complexity index is 601. The number of hydrogen-bond donors (Lipinski definition) is 2. The van der Waals surface area contributed by atoms with E-state index in [-0.39, 0.29) is 35.4 Å². The third-order valence-corrected chi connectivity index (χ3v) is 4.98. The largest absolute Gasteiger partial charge is 0.370 e. The Balaban J connectivity index is 0.00000220. The van der Waals surface area contributed by atoms with Crippen LogP contribution in [0.25, 0.3) is 0 Å². The molecule has 0 amide bonds. The van der Waals surface area contributed by atoms with E-state index in [1.54, 1.807) is 18.2 Å². The lowest BCUT2D eigenvalue weighted by molar-refractivity contribution is 0.455.